The number of benzene rings is 3. The van der Waals surface area contributed by atoms with Gasteiger partial charge in [-0.15, -0.1) is 0 Å². The van der Waals surface area contributed by atoms with Crippen molar-refractivity contribution in [2.45, 2.75) is 0 Å². The summed E-state index contributed by atoms with van der Waals surface area (Å²) < 4.78 is 15.9. The van der Waals surface area contributed by atoms with Gasteiger partial charge in [-0.25, -0.2) is 14.6 Å². The van der Waals surface area contributed by atoms with Crippen LogP contribution in [0.3, 0.4) is 0 Å². The molecule has 0 saturated heterocycles. The van der Waals surface area contributed by atoms with Crippen LogP contribution in [0, 0.1) is 0 Å². The molecule has 0 N–H and O–H groups in total. The number of carbonyl (C=O) groups excluding carboxylic acids is 2. The summed E-state index contributed by atoms with van der Waals surface area (Å²) in [7, 11) is 1.55. The zero-order chi connectivity index (χ0) is 20.9. The Kier molecular flexibility index (Phi) is 5.39. The number of ether oxygens (including phenoxy) is 3. The fourth-order valence-electron chi connectivity index (χ4n) is 2.84. The Morgan fingerprint density at radius 3 is 2.37 bits per heavy atom. The van der Waals surface area contributed by atoms with Crippen LogP contribution in [-0.2, 0) is 9.53 Å². The van der Waals surface area contributed by atoms with Crippen LogP contribution in [0.1, 0.15) is 21.5 Å². The first-order chi connectivity index (χ1) is 14.6. The summed E-state index contributed by atoms with van der Waals surface area (Å²) in [4.78, 5) is 29.0. The first-order valence-corrected chi connectivity index (χ1v) is 9.17. The molecule has 0 aliphatic carbocycles. The molecule has 4 rings (SSSR count). The minimum absolute atomic E-state index is 0.127. The minimum Gasteiger partial charge on any atom is -0.497 e. The van der Waals surface area contributed by atoms with Gasteiger partial charge in [0, 0.05) is 11.1 Å². The molecule has 0 atom stereocenters. The van der Waals surface area contributed by atoms with E-state index in [1.54, 1.807) is 67.8 Å². The molecule has 0 aromatic heterocycles. The van der Waals surface area contributed by atoms with E-state index in [1.807, 2.05) is 18.2 Å². The van der Waals surface area contributed by atoms with Gasteiger partial charge in [0.15, 0.2) is 5.70 Å². The lowest BCUT2D eigenvalue weighted by Gasteiger charge is -2.08. The number of hydrogen-bond donors (Lipinski definition) is 0. The second-order valence-corrected chi connectivity index (χ2v) is 6.36. The molecule has 0 unspecified atom stereocenters. The largest absolute Gasteiger partial charge is 0.497 e. The fraction of sp³-hybridized carbons (Fsp3) is 0.0417. The molecule has 0 spiro atoms. The van der Waals surface area contributed by atoms with E-state index >= 15 is 0 Å². The predicted molar refractivity (Wildman–Crippen MR) is 111 cm³/mol. The van der Waals surface area contributed by atoms with Crippen molar-refractivity contribution in [3.63, 3.8) is 0 Å². The predicted octanol–water partition coefficient (Wildman–Crippen LogP) is 4.26. The molecule has 1 aliphatic heterocycles. The second kappa shape index (κ2) is 8.45. The van der Waals surface area contributed by atoms with E-state index in [4.69, 9.17) is 14.2 Å². The molecule has 0 amide bonds. The van der Waals surface area contributed by atoms with Gasteiger partial charge in [-0.1, -0.05) is 36.4 Å². The highest BCUT2D eigenvalue weighted by Gasteiger charge is 2.24. The number of carbonyl (C=O) groups is 2. The third kappa shape index (κ3) is 4.12. The van der Waals surface area contributed by atoms with Gasteiger partial charge in [0.05, 0.1) is 12.7 Å². The maximum absolute atomic E-state index is 12.5. The molecule has 6 heteroatoms. The zero-order valence-corrected chi connectivity index (χ0v) is 16.1. The van der Waals surface area contributed by atoms with Crippen molar-refractivity contribution < 1.29 is 23.8 Å². The van der Waals surface area contributed by atoms with Crippen molar-refractivity contribution >= 4 is 23.9 Å². The summed E-state index contributed by atoms with van der Waals surface area (Å²) in [6, 6.07) is 22.6. The number of hydrogen-bond acceptors (Lipinski definition) is 6. The van der Waals surface area contributed by atoms with Gasteiger partial charge in [0.25, 0.3) is 0 Å². The van der Waals surface area contributed by atoms with E-state index in [-0.39, 0.29) is 11.6 Å². The lowest BCUT2D eigenvalue weighted by Crippen LogP contribution is -2.09. The van der Waals surface area contributed by atoms with E-state index < -0.39 is 11.9 Å². The molecule has 0 radical (unpaired) electrons. The lowest BCUT2D eigenvalue weighted by molar-refractivity contribution is -0.129. The summed E-state index contributed by atoms with van der Waals surface area (Å²) >= 11 is 0. The summed E-state index contributed by atoms with van der Waals surface area (Å²) in [6.07, 6.45) is 1.54. The van der Waals surface area contributed by atoms with Crippen molar-refractivity contribution in [3.05, 3.63) is 101 Å². The van der Waals surface area contributed by atoms with Crippen LogP contribution in [-0.4, -0.2) is 24.9 Å². The summed E-state index contributed by atoms with van der Waals surface area (Å²) in [6.45, 7) is 0. The Balaban J connectivity index is 1.59. The Hall–Kier alpha value is -4.19. The first-order valence-electron chi connectivity index (χ1n) is 9.17. The molecule has 30 heavy (non-hydrogen) atoms. The average molecular weight is 399 g/mol. The average Bonchev–Trinajstić information content (AvgIpc) is 3.16. The maximum atomic E-state index is 12.5. The number of para-hydroxylation sites is 1. The van der Waals surface area contributed by atoms with Gasteiger partial charge in [-0.05, 0) is 48.5 Å². The van der Waals surface area contributed by atoms with Crippen LogP contribution in [0.2, 0.25) is 0 Å². The third-order valence-corrected chi connectivity index (χ3v) is 4.38. The zero-order valence-electron chi connectivity index (χ0n) is 16.1. The van der Waals surface area contributed by atoms with Gasteiger partial charge in [-0.2, -0.15) is 0 Å². The Morgan fingerprint density at radius 1 is 0.933 bits per heavy atom. The molecule has 0 bridgehead atoms. The van der Waals surface area contributed by atoms with Crippen molar-refractivity contribution in [2.24, 2.45) is 4.99 Å². The number of nitrogens with zero attached hydrogens (tertiary/aromatic N) is 1. The Bertz CT molecular complexity index is 1150. The highest BCUT2D eigenvalue weighted by Crippen LogP contribution is 2.25. The minimum atomic E-state index is -0.565. The summed E-state index contributed by atoms with van der Waals surface area (Å²) in [5.74, 6) is 0.0983. The van der Waals surface area contributed by atoms with Crippen LogP contribution in [0.15, 0.2) is 89.6 Å². The van der Waals surface area contributed by atoms with Gasteiger partial charge in [0.1, 0.15) is 11.5 Å². The van der Waals surface area contributed by atoms with Crippen molar-refractivity contribution in [1.29, 1.82) is 0 Å². The number of rotatable bonds is 5. The number of aliphatic imine (C=N–C) groups is 1. The molecular weight excluding hydrogens is 382 g/mol. The first kappa shape index (κ1) is 19.1. The Morgan fingerprint density at radius 2 is 1.63 bits per heavy atom. The molecule has 1 heterocycles. The normalized spacial score (nSPS) is 14.2. The third-order valence-electron chi connectivity index (χ3n) is 4.38. The molecule has 3 aromatic rings. The standard InChI is InChI=1S/C24H17NO5/c1-28-19-13-11-17(12-14-19)23(26)29-21-10-6-5-9-18(21)15-20-24(27)30-22(25-20)16-7-3-2-4-8-16/h2-15H,1H3/b20-15-. The molecule has 6 nitrogen and oxygen atoms in total. The Labute approximate surface area is 173 Å². The number of cyclic esters (lactones) is 1. The highest BCUT2D eigenvalue weighted by atomic mass is 16.6. The van der Waals surface area contributed by atoms with Crippen molar-refractivity contribution in [1.82, 2.24) is 0 Å². The monoisotopic (exact) mass is 399 g/mol. The van der Waals surface area contributed by atoms with E-state index in [9.17, 15) is 9.59 Å². The highest BCUT2D eigenvalue weighted by molar-refractivity contribution is 6.13. The lowest BCUT2D eigenvalue weighted by atomic mass is 10.1. The van der Waals surface area contributed by atoms with Gasteiger partial charge in [0.2, 0.25) is 5.90 Å². The molecule has 148 valence electrons. The van der Waals surface area contributed by atoms with Gasteiger partial charge >= 0.3 is 11.9 Å². The van der Waals surface area contributed by atoms with Crippen LogP contribution in [0.4, 0.5) is 0 Å². The molecular formula is C24H17NO5. The smallest absolute Gasteiger partial charge is 0.363 e. The topological polar surface area (TPSA) is 74.2 Å². The number of esters is 2. The van der Waals surface area contributed by atoms with Gasteiger partial charge in [-0.3, -0.25) is 0 Å². The quantitative estimate of drug-likeness (QED) is 0.364. The molecule has 1 aliphatic rings. The van der Waals surface area contributed by atoms with E-state index in [1.165, 1.54) is 6.08 Å². The summed E-state index contributed by atoms with van der Waals surface area (Å²) in [5.41, 5.74) is 1.74. The van der Waals surface area contributed by atoms with E-state index in [0.29, 0.717) is 28.2 Å². The van der Waals surface area contributed by atoms with Crippen molar-refractivity contribution in [2.75, 3.05) is 7.11 Å². The second-order valence-electron chi connectivity index (χ2n) is 6.36. The SMILES string of the molecule is COc1ccc(C(=O)Oc2ccccc2/C=C2\N=C(c3ccccc3)OC2=O)cc1. The maximum Gasteiger partial charge on any atom is 0.363 e. The summed E-state index contributed by atoms with van der Waals surface area (Å²) in [5, 5.41) is 0. The van der Waals surface area contributed by atoms with E-state index in [2.05, 4.69) is 4.99 Å². The van der Waals surface area contributed by atoms with Gasteiger partial charge < -0.3 is 14.2 Å². The van der Waals surface area contributed by atoms with E-state index in [0.717, 1.165) is 0 Å². The fourth-order valence-corrected chi connectivity index (χ4v) is 2.84. The van der Waals surface area contributed by atoms with Crippen LogP contribution < -0.4 is 9.47 Å². The van der Waals surface area contributed by atoms with Crippen LogP contribution in [0.25, 0.3) is 6.08 Å². The van der Waals surface area contributed by atoms with Crippen LogP contribution in [0.5, 0.6) is 11.5 Å². The number of methoxy groups -OCH3 is 1. The van der Waals surface area contributed by atoms with Crippen LogP contribution >= 0.6 is 0 Å². The molecule has 3 aromatic carbocycles. The molecule has 0 saturated carbocycles. The van der Waals surface area contributed by atoms with Crippen molar-refractivity contribution in [3.8, 4) is 11.5 Å². The molecule has 0 fully saturated rings.